The van der Waals surface area contributed by atoms with Crippen LogP contribution in [0.25, 0.3) is 0 Å². The molecule has 16 heteroatoms. The molecule has 0 aromatic carbocycles. The highest BCUT2D eigenvalue weighted by Crippen LogP contribution is 2.06. The largest absolute Gasteiger partial charge is 0.444 e. The maximum absolute atomic E-state index is 11.5. The Balaban J connectivity index is 3.10. The van der Waals surface area contributed by atoms with Crippen LogP contribution in [0, 0.1) is 5.92 Å². The standard InChI is InChI=1S/C36H73NO15/c1-6-34(2)33-51-32-31-50-30-29-49-28-27-48-26-25-47-24-23-46-22-21-45-20-19-44-18-17-43-16-15-42-14-13-41-12-11-40-10-9-39-8-7-37-35(38)52-36(3,4)5/h34H,6-33H2,1-5H3,(H,37,38). The van der Waals surface area contributed by atoms with E-state index in [4.69, 9.17) is 66.3 Å². The van der Waals surface area contributed by atoms with Crippen LogP contribution in [-0.2, 0) is 66.3 Å². The molecule has 52 heavy (non-hydrogen) atoms. The van der Waals surface area contributed by atoms with Gasteiger partial charge in [-0.15, -0.1) is 0 Å². The minimum absolute atomic E-state index is 0.382. The normalized spacial score (nSPS) is 12.4. The van der Waals surface area contributed by atoms with Crippen molar-refractivity contribution in [3.63, 3.8) is 0 Å². The molecule has 1 atom stereocenters. The molecule has 16 nitrogen and oxygen atoms in total. The highest BCUT2D eigenvalue weighted by Gasteiger charge is 2.15. The van der Waals surface area contributed by atoms with Crippen LogP contribution in [-0.4, -0.2) is 190 Å². The number of ether oxygens (including phenoxy) is 14. The molecule has 312 valence electrons. The lowest BCUT2D eigenvalue weighted by molar-refractivity contribution is -0.0292. The Hall–Kier alpha value is -1.25. The molecule has 0 rings (SSSR count). The van der Waals surface area contributed by atoms with E-state index in [1.54, 1.807) is 0 Å². The quantitative estimate of drug-likeness (QED) is 0.0906. The van der Waals surface area contributed by atoms with E-state index < -0.39 is 11.7 Å². The first-order chi connectivity index (χ1) is 25.3. The lowest BCUT2D eigenvalue weighted by Gasteiger charge is -2.19. The first-order valence-corrected chi connectivity index (χ1v) is 18.8. The number of hydrogen-bond donors (Lipinski definition) is 1. The minimum atomic E-state index is -0.513. The third-order valence-corrected chi connectivity index (χ3v) is 6.48. The van der Waals surface area contributed by atoms with E-state index in [2.05, 4.69) is 19.2 Å². The number of carbonyl (C=O) groups is 1. The van der Waals surface area contributed by atoms with Crippen LogP contribution in [0.3, 0.4) is 0 Å². The van der Waals surface area contributed by atoms with Crippen molar-refractivity contribution < 1.29 is 71.1 Å². The van der Waals surface area contributed by atoms with Gasteiger partial charge in [0.25, 0.3) is 0 Å². The van der Waals surface area contributed by atoms with Crippen LogP contribution in [0.15, 0.2) is 0 Å². The molecule has 0 aliphatic heterocycles. The lowest BCUT2D eigenvalue weighted by atomic mass is 10.1. The summed E-state index contributed by atoms with van der Waals surface area (Å²) >= 11 is 0. The van der Waals surface area contributed by atoms with E-state index in [0.29, 0.717) is 178 Å². The molecule has 0 fully saturated rings. The smallest absolute Gasteiger partial charge is 0.407 e. The third-order valence-electron chi connectivity index (χ3n) is 6.48. The molecular formula is C36H73NO15. The lowest BCUT2D eigenvalue weighted by Crippen LogP contribution is -2.34. The van der Waals surface area contributed by atoms with E-state index in [1.807, 2.05) is 20.8 Å². The Morgan fingerprint density at radius 2 is 0.654 bits per heavy atom. The summed E-state index contributed by atoms with van der Waals surface area (Å²) in [7, 11) is 0. The molecule has 0 saturated carbocycles. The third kappa shape index (κ3) is 44.9. The number of amides is 1. The van der Waals surface area contributed by atoms with Gasteiger partial charge in [-0.25, -0.2) is 4.79 Å². The van der Waals surface area contributed by atoms with E-state index >= 15 is 0 Å². The monoisotopic (exact) mass is 759 g/mol. The molecule has 0 aromatic heterocycles. The van der Waals surface area contributed by atoms with Gasteiger partial charge in [0.1, 0.15) is 5.60 Å². The molecule has 1 unspecified atom stereocenters. The average molecular weight is 760 g/mol. The van der Waals surface area contributed by atoms with Crippen molar-refractivity contribution in [3.05, 3.63) is 0 Å². The topological polar surface area (TPSA) is 158 Å². The van der Waals surface area contributed by atoms with Crippen LogP contribution in [0.4, 0.5) is 4.79 Å². The Labute approximate surface area is 313 Å². The van der Waals surface area contributed by atoms with Gasteiger partial charge in [0.15, 0.2) is 0 Å². The van der Waals surface area contributed by atoms with E-state index in [-0.39, 0.29) is 0 Å². The molecule has 0 heterocycles. The van der Waals surface area contributed by atoms with Crippen LogP contribution >= 0.6 is 0 Å². The summed E-state index contributed by atoms with van der Waals surface area (Å²) in [6.07, 6.45) is 0.676. The van der Waals surface area contributed by atoms with Gasteiger partial charge in [-0.05, 0) is 26.7 Å². The summed E-state index contributed by atoms with van der Waals surface area (Å²) in [4.78, 5) is 11.5. The van der Waals surface area contributed by atoms with E-state index in [0.717, 1.165) is 13.0 Å². The molecule has 0 radical (unpaired) electrons. The molecule has 0 aliphatic carbocycles. The van der Waals surface area contributed by atoms with Crippen LogP contribution < -0.4 is 5.32 Å². The molecule has 0 spiro atoms. The predicted octanol–water partition coefficient (Wildman–Crippen LogP) is 2.77. The predicted molar refractivity (Wildman–Crippen MR) is 194 cm³/mol. The number of nitrogens with one attached hydrogen (secondary N) is 1. The summed E-state index contributed by atoms with van der Waals surface area (Å²) in [5.74, 6) is 0.593. The second kappa shape index (κ2) is 40.9. The Bertz CT molecular complexity index is 718. The van der Waals surface area contributed by atoms with Crippen molar-refractivity contribution >= 4 is 6.09 Å². The summed E-state index contributed by atoms with van der Waals surface area (Å²) < 4.78 is 76.3. The molecule has 0 bridgehead atoms. The van der Waals surface area contributed by atoms with Crippen molar-refractivity contribution in [2.24, 2.45) is 5.92 Å². The van der Waals surface area contributed by atoms with Crippen LogP contribution in [0.2, 0.25) is 0 Å². The molecule has 1 amide bonds. The fourth-order valence-corrected chi connectivity index (χ4v) is 3.58. The van der Waals surface area contributed by atoms with Crippen molar-refractivity contribution in [3.8, 4) is 0 Å². The summed E-state index contributed by atoms with van der Waals surface area (Å²) in [6.45, 7) is 23.5. The Morgan fingerprint density at radius 3 is 0.885 bits per heavy atom. The maximum Gasteiger partial charge on any atom is 0.407 e. The van der Waals surface area contributed by atoms with Gasteiger partial charge < -0.3 is 71.6 Å². The average Bonchev–Trinajstić information content (AvgIpc) is 3.11. The molecule has 0 aliphatic rings. The summed E-state index contributed by atoms with van der Waals surface area (Å²) in [5.41, 5.74) is -0.513. The zero-order chi connectivity index (χ0) is 38.1. The SMILES string of the molecule is CCC(C)COCCOCCOCCOCCOCCOCCOCCOCCOCCOCCOCCOCCOCCNC(=O)OC(C)(C)C. The van der Waals surface area contributed by atoms with Crippen molar-refractivity contribution in [2.75, 3.05) is 178 Å². The summed E-state index contributed by atoms with van der Waals surface area (Å²) in [5, 5.41) is 2.63. The van der Waals surface area contributed by atoms with Gasteiger partial charge in [-0.3, -0.25) is 0 Å². The van der Waals surface area contributed by atoms with Gasteiger partial charge in [-0.1, -0.05) is 20.3 Å². The number of hydrogen-bond acceptors (Lipinski definition) is 15. The van der Waals surface area contributed by atoms with Crippen molar-refractivity contribution in [2.45, 2.75) is 46.6 Å². The zero-order valence-electron chi connectivity index (χ0n) is 33.0. The minimum Gasteiger partial charge on any atom is -0.444 e. The molecule has 1 N–H and O–H groups in total. The fraction of sp³-hybridized carbons (Fsp3) is 0.972. The van der Waals surface area contributed by atoms with Gasteiger partial charge in [0.05, 0.1) is 165 Å². The first-order valence-electron chi connectivity index (χ1n) is 18.8. The van der Waals surface area contributed by atoms with Crippen LogP contribution in [0.1, 0.15) is 41.0 Å². The fourth-order valence-electron chi connectivity index (χ4n) is 3.58. The van der Waals surface area contributed by atoms with E-state index in [9.17, 15) is 4.79 Å². The molecule has 0 saturated heterocycles. The molecule has 0 aromatic rings. The second-order valence-corrected chi connectivity index (χ2v) is 12.4. The highest BCUT2D eigenvalue weighted by molar-refractivity contribution is 5.67. The summed E-state index contributed by atoms with van der Waals surface area (Å²) in [6, 6.07) is 0. The first kappa shape index (κ1) is 50.8. The van der Waals surface area contributed by atoms with E-state index in [1.165, 1.54) is 0 Å². The zero-order valence-corrected chi connectivity index (χ0v) is 33.0. The van der Waals surface area contributed by atoms with Gasteiger partial charge in [0.2, 0.25) is 0 Å². The van der Waals surface area contributed by atoms with Crippen molar-refractivity contribution in [1.82, 2.24) is 5.32 Å². The van der Waals surface area contributed by atoms with Gasteiger partial charge in [-0.2, -0.15) is 0 Å². The maximum atomic E-state index is 11.5. The second-order valence-electron chi connectivity index (χ2n) is 12.4. The number of alkyl carbamates (subject to hydrolysis) is 1. The molecular weight excluding hydrogens is 686 g/mol. The van der Waals surface area contributed by atoms with Crippen molar-refractivity contribution in [1.29, 1.82) is 0 Å². The highest BCUT2D eigenvalue weighted by atomic mass is 16.6. The number of rotatable bonds is 42. The van der Waals surface area contributed by atoms with Gasteiger partial charge >= 0.3 is 6.09 Å². The Morgan fingerprint density at radius 1 is 0.423 bits per heavy atom. The Kier molecular flexibility index (Phi) is 39.9. The van der Waals surface area contributed by atoms with Gasteiger partial charge in [0, 0.05) is 13.2 Å². The number of carbonyl (C=O) groups excluding carboxylic acids is 1. The van der Waals surface area contributed by atoms with Crippen LogP contribution in [0.5, 0.6) is 0 Å².